The molecule has 1 aromatic carbocycles. The lowest BCUT2D eigenvalue weighted by Crippen LogP contribution is -2.51. The van der Waals surface area contributed by atoms with E-state index in [1.165, 1.54) is 36.8 Å². The lowest BCUT2D eigenvalue weighted by atomic mass is 9.65. The van der Waals surface area contributed by atoms with Crippen molar-refractivity contribution in [2.75, 3.05) is 6.54 Å². The number of hydrogen-bond donors (Lipinski definition) is 1. The first-order valence-electron chi connectivity index (χ1n) is 7.00. The van der Waals surface area contributed by atoms with Gasteiger partial charge in [0.15, 0.2) is 0 Å². The second kappa shape index (κ2) is 4.74. The Morgan fingerprint density at radius 1 is 1.33 bits per heavy atom. The van der Waals surface area contributed by atoms with Crippen molar-refractivity contribution < 1.29 is 0 Å². The van der Waals surface area contributed by atoms with Crippen LogP contribution in [0.3, 0.4) is 0 Å². The van der Waals surface area contributed by atoms with Crippen LogP contribution in [-0.2, 0) is 5.54 Å². The first-order valence-corrected chi connectivity index (χ1v) is 7.00. The molecule has 0 aromatic heterocycles. The number of hydrogen-bond acceptors (Lipinski definition) is 1. The Morgan fingerprint density at radius 2 is 2.22 bits per heavy atom. The van der Waals surface area contributed by atoms with Gasteiger partial charge >= 0.3 is 0 Å². The van der Waals surface area contributed by atoms with E-state index in [9.17, 15) is 0 Å². The molecular weight excluding hydrogens is 218 g/mol. The molecule has 0 radical (unpaired) electrons. The van der Waals surface area contributed by atoms with Crippen LogP contribution in [-0.4, -0.2) is 6.54 Å². The molecule has 1 heteroatoms. The SMILES string of the molecule is C=CCNC12CCCCC1C=Cc1ccccc12. The third-order valence-electron chi connectivity index (χ3n) is 4.48. The minimum atomic E-state index is 0.151. The van der Waals surface area contributed by atoms with E-state index in [1.807, 2.05) is 6.08 Å². The van der Waals surface area contributed by atoms with Gasteiger partial charge in [-0.25, -0.2) is 0 Å². The Morgan fingerprint density at radius 3 is 3.11 bits per heavy atom. The van der Waals surface area contributed by atoms with Crippen LogP contribution in [0.1, 0.15) is 36.8 Å². The van der Waals surface area contributed by atoms with Crippen molar-refractivity contribution in [1.29, 1.82) is 0 Å². The summed E-state index contributed by atoms with van der Waals surface area (Å²) in [6.45, 7) is 4.74. The van der Waals surface area contributed by atoms with Gasteiger partial charge < -0.3 is 5.32 Å². The van der Waals surface area contributed by atoms with Crippen molar-refractivity contribution in [3.63, 3.8) is 0 Å². The van der Waals surface area contributed by atoms with Crippen molar-refractivity contribution in [1.82, 2.24) is 5.32 Å². The predicted molar refractivity (Wildman–Crippen MR) is 77.3 cm³/mol. The summed E-state index contributed by atoms with van der Waals surface area (Å²) in [5.41, 5.74) is 3.02. The third-order valence-corrected chi connectivity index (χ3v) is 4.48. The smallest absolute Gasteiger partial charge is 0.0506 e. The predicted octanol–water partition coefficient (Wildman–Crippen LogP) is 3.87. The molecule has 0 aliphatic heterocycles. The van der Waals surface area contributed by atoms with Crippen molar-refractivity contribution >= 4 is 6.08 Å². The molecule has 2 aliphatic carbocycles. The van der Waals surface area contributed by atoms with Crippen LogP contribution in [0.4, 0.5) is 0 Å². The number of nitrogens with one attached hydrogen (secondary N) is 1. The van der Waals surface area contributed by atoms with Gasteiger partial charge in [-0.3, -0.25) is 0 Å². The Kier molecular flexibility index (Phi) is 3.09. The lowest BCUT2D eigenvalue weighted by Gasteiger charge is -2.47. The van der Waals surface area contributed by atoms with Crippen LogP contribution < -0.4 is 5.32 Å². The molecule has 0 amide bonds. The van der Waals surface area contributed by atoms with E-state index < -0.39 is 0 Å². The van der Waals surface area contributed by atoms with Crippen molar-refractivity contribution in [3.05, 3.63) is 54.1 Å². The molecule has 0 spiro atoms. The molecule has 1 N–H and O–H groups in total. The van der Waals surface area contributed by atoms with Gasteiger partial charge in [0, 0.05) is 6.54 Å². The minimum absolute atomic E-state index is 0.151. The summed E-state index contributed by atoms with van der Waals surface area (Å²) in [6.07, 6.45) is 11.9. The number of rotatable bonds is 3. The van der Waals surface area contributed by atoms with Gasteiger partial charge in [-0.2, -0.15) is 0 Å². The molecule has 94 valence electrons. The number of benzene rings is 1. The fourth-order valence-electron chi connectivity index (χ4n) is 3.63. The quantitative estimate of drug-likeness (QED) is 0.789. The first kappa shape index (κ1) is 11.7. The fourth-order valence-corrected chi connectivity index (χ4v) is 3.63. The number of fused-ring (bicyclic) bond motifs is 3. The van der Waals surface area contributed by atoms with Crippen molar-refractivity contribution in [3.8, 4) is 0 Å². The van der Waals surface area contributed by atoms with E-state index >= 15 is 0 Å². The first-order chi connectivity index (χ1) is 8.87. The molecule has 1 fully saturated rings. The van der Waals surface area contributed by atoms with Gasteiger partial charge in [0.2, 0.25) is 0 Å². The van der Waals surface area contributed by atoms with E-state index in [-0.39, 0.29) is 5.54 Å². The van der Waals surface area contributed by atoms with Crippen LogP contribution >= 0.6 is 0 Å². The molecule has 2 atom stereocenters. The summed E-state index contributed by atoms with van der Waals surface area (Å²) < 4.78 is 0. The fraction of sp³-hybridized carbons (Fsp3) is 0.412. The summed E-state index contributed by atoms with van der Waals surface area (Å²) in [6, 6.07) is 8.83. The molecular formula is C17H21N. The van der Waals surface area contributed by atoms with Gasteiger partial charge in [-0.05, 0) is 29.9 Å². The van der Waals surface area contributed by atoms with Crippen molar-refractivity contribution in [2.24, 2.45) is 5.92 Å². The van der Waals surface area contributed by atoms with Crippen LogP contribution in [0.5, 0.6) is 0 Å². The normalized spacial score (nSPS) is 29.4. The van der Waals surface area contributed by atoms with Gasteiger partial charge in [0.05, 0.1) is 5.54 Å². The molecule has 0 bridgehead atoms. The highest BCUT2D eigenvalue weighted by Gasteiger charge is 2.42. The molecule has 0 heterocycles. The maximum absolute atomic E-state index is 3.85. The summed E-state index contributed by atoms with van der Waals surface area (Å²) in [4.78, 5) is 0. The van der Waals surface area contributed by atoms with E-state index in [0.717, 1.165) is 6.54 Å². The molecule has 2 aliphatic rings. The molecule has 0 saturated heterocycles. The lowest BCUT2D eigenvalue weighted by molar-refractivity contribution is 0.179. The molecule has 1 nitrogen and oxygen atoms in total. The van der Waals surface area contributed by atoms with E-state index in [2.05, 4.69) is 48.3 Å². The topological polar surface area (TPSA) is 12.0 Å². The molecule has 1 aromatic rings. The largest absolute Gasteiger partial charge is 0.303 e. The average molecular weight is 239 g/mol. The highest BCUT2D eigenvalue weighted by Crippen LogP contribution is 2.46. The van der Waals surface area contributed by atoms with E-state index in [4.69, 9.17) is 0 Å². The van der Waals surface area contributed by atoms with Crippen molar-refractivity contribution in [2.45, 2.75) is 31.2 Å². The summed E-state index contributed by atoms with van der Waals surface area (Å²) in [5, 5.41) is 3.77. The summed E-state index contributed by atoms with van der Waals surface area (Å²) in [7, 11) is 0. The van der Waals surface area contributed by atoms with Crippen LogP contribution in [0.15, 0.2) is 43.0 Å². The third kappa shape index (κ3) is 1.74. The highest BCUT2D eigenvalue weighted by molar-refractivity contribution is 5.60. The maximum Gasteiger partial charge on any atom is 0.0506 e. The molecule has 3 rings (SSSR count). The summed E-state index contributed by atoms with van der Waals surface area (Å²) >= 11 is 0. The highest BCUT2D eigenvalue weighted by atomic mass is 15.0. The van der Waals surface area contributed by atoms with Gasteiger partial charge in [0.1, 0.15) is 0 Å². The van der Waals surface area contributed by atoms with Crippen LogP contribution in [0.25, 0.3) is 6.08 Å². The Hall–Kier alpha value is -1.34. The monoisotopic (exact) mass is 239 g/mol. The molecule has 2 unspecified atom stereocenters. The van der Waals surface area contributed by atoms with Gasteiger partial charge in [0.25, 0.3) is 0 Å². The minimum Gasteiger partial charge on any atom is -0.303 e. The molecule has 18 heavy (non-hydrogen) atoms. The zero-order valence-electron chi connectivity index (χ0n) is 10.9. The van der Waals surface area contributed by atoms with E-state index in [1.54, 1.807) is 0 Å². The Bertz CT molecular complexity index is 474. The Labute approximate surface area is 110 Å². The Balaban J connectivity index is 2.07. The maximum atomic E-state index is 3.85. The van der Waals surface area contributed by atoms with Gasteiger partial charge in [-0.15, -0.1) is 6.58 Å². The molecule has 1 saturated carbocycles. The second-order valence-electron chi connectivity index (χ2n) is 5.44. The van der Waals surface area contributed by atoms with Gasteiger partial charge in [-0.1, -0.05) is 55.3 Å². The zero-order chi connectivity index (χ0) is 12.4. The average Bonchev–Trinajstić information content (AvgIpc) is 2.45. The van der Waals surface area contributed by atoms with Crippen LogP contribution in [0, 0.1) is 5.92 Å². The van der Waals surface area contributed by atoms with Crippen LogP contribution in [0.2, 0.25) is 0 Å². The zero-order valence-corrected chi connectivity index (χ0v) is 10.9. The van der Waals surface area contributed by atoms with E-state index in [0.29, 0.717) is 5.92 Å². The summed E-state index contributed by atoms with van der Waals surface area (Å²) in [5.74, 6) is 0.640. The second-order valence-corrected chi connectivity index (χ2v) is 5.44. The standard InChI is InChI=1S/C17H21N/c1-2-13-18-17-12-6-5-8-15(17)11-10-14-7-3-4-9-16(14)17/h2-4,7,9-11,15,18H,1,5-6,8,12-13H2.